The zero-order valence-electron chi connectivity index (χ0n) is 10.9. The predicted molar refractivity (Wildman–Crippen MR) is 76.5 cm³/mol. The van der Waals surface area contributed by atoms with Gasteiger partial charge < -0.3 is 9.88 Å². The Morgan fingerprint density at radius 1 is 1.35 bits per heavy atom. The molecule has 0 radical (unpaired) electrons. The third-order valence-corrected chi connectivity index (χ3v) is 3.79. The number of hydrogen-bond donors (Lipinski definition) is 1. The van der Waals surface area contributed by atoms with E-state index in [9.17, 15) is 0 Å². The van der Waals surface area contributed by atoms with E-state index in [1.54, 1.807) is 12.1 Å². The van der Waals surface area contributed by atoms with Gasteiger partial charge in [-0.3, -0.25) is 0 Å². The standard InChI is InChI=1S/C14H14ClN5/c15-12-7-11(5-4-10(12)8-16)17-9-14-19-18-13-3-1-2-6-20(13)14/h4-5,7,17H,1-3,6,9H2. The van der Waals surface area contributed by atoms with E-state index in [2.05, 4.69) is 20.1 Å². The summed E-state index contributed by atoms with van der Waals surface area (Å²) >= 11 is 6.01. The van der Waals surface area contributed by atoms with Gasteiger partial charge in [-0.1, -0.05) is 11.6 Å². The van der Waals surface area contributed by atoms with Crippen molar-refractivity contribution in [2.24, 2.45) is 0 Å². The van der Waals surface area contributed by atoms with Crippen LogP contribution in [0.15, 0.2) is 18.2 Å². The molecule has 0 spiro atoms. The number of rotatable bonds is 3. The Bertz CT molecular complexity index is 671. The lowest BCUT2D eigenvalue weighted by Gasteiger charge is -2.15. The van der Waals surface area contributed by atoms with Crippen molar-refractivity contribution in [2.45, 2.75) is 32.4 Å². The van der Waals surface area contributed by atoms with Crippen LogP contribution in [-0.2, 0) is 19.5 Å². The van der Waals surface area contributed by atoms with Gasteiger partial charge in [0.15, 0.2) is 5.82 Å². The molecule has 3 rings (SSSR count). The maximum absolute atomic E-state index is 8.85. The lowest BCUT2D eigenvalue weighted by Crippen LogP contribution is -2.15. The highest BCUT2D eigenvalue weighted by Crippen LogP contribution is 2.21. The highest BCUT2D eigenvalue weighted by molar-refractivity contribution is 6.32. The van der Waals surface area contributed by atoms with Crippen LogP contribution in [0.25, 0.3) is 0 Å². The summed E-state index contributed by atoms with van der Waals surface area (Å²) in [5.41, 5.74) is 1.36. The fourth-order valence-corrected chi connectivity index (χ4v) is 2.62. The first-order valence-corrected chi connectivity index (χ1v) is 7.00. The van der Waals surface area contributed by atoms with Gasteiger partial charge >= 0.3 is 0 Å². The van der Waals surface area contributed by atoms with Crippen LogP contribution in [0.2, 0.25) is 5.02 Å². The van der Waals surface area contributed by atoms with Gasteiger partial charge in [0.05, 0.1) is 17.1 Å². The maximum Gasteiger partial charge on any atom is 0.152 e. The lowest BCUT2D eigenvalue weighted by molar-refractivity contribution is 0.510. The molecule has 20 heavy (non-hydrogen) atoms. The molecule has 0 saturated heterocycles. The van der Waals surface area contributed by atoms with Gasteiger partial charge in [0.2, 0.25) is 0 Å². The summed E-state index contributed by atoms with van der Waals surface area (Å²) in [6.07, 6.45) is 3.38. The number of nitrogens with one attached hydrogen (secondary N) is 1. The SMILES string of the molecule is N#Cc1ccc(NCc2nnc3n2CCCC3)cc1Cl. The Kier molecular flexibility index (Phi) is 3.57. The molecule has 1 aromatic carbocycles. The molecule has 1 aliphatic heterocycles. The monoisotopic (exact) mass is 287 g/mol. The van der Waals surface area contributed by atoms with Gasteiger partial charge in [0, 0.05) is 18.7 Å². The summed E-state index contributed by atoms with van der Waals surface area (Å²) in [5.74, 6) is 2.02. The molecule has 1 aliphatic rings. The molecule has 0 bridgehead atoms. The van der Waals surface area contributed by atoms with Crippen LogP contribution < -0.4 is 5.32 Å². The average Bonchev–Trinajstić information content (AvgIpc) is 2.88. The normalized spacial score (nSPS) is 13.6. The van der Waals surface area contributed by atoms with Crippen molar-refractivity contribution in [3.8, 4) is 6.07 Å². The number of nitrogens with zero attached hydrogens (tertiary/aromatic N) is 4. The summed E-state index contributed by atoms with van der Waals surface area (Å²) in [6.45, 7) is 1.60. The predicted octanol–water partition coefficient (Wildman–Crippen LogP) is 2.75. The van der Waals surface area contributed by atoms with Gasteiger partial charge in [-0.15, -0.1) is 10.2 Å². The van der Waals surface area contributed by atoms with E-state index in [0.717, 1.165) is 30.3 Å². The number of aromatic nitrogens is 3. The summed E-state index contributed by atoms with van der Waals surface area (Å²) < 4.78 is 2.18. The summed E-state index contributed by atoms with van der Waals surface area (Å²) in [7, 11) is 0. The van der Waals surface area contributed by atoms with Gasteiger partial charge in [0.25, 0.3) is 0 Å². The number of halogens is 1. The van der Waals surface area contributed by atoms with Crippen LogP contribution >= 0.6 is 11.6 Å². The first-order chi connectivity index (χ1) is 9.78. The molecule has 0 fully saturated rings. The molecule has 6 heteroatoms. The van der Waals surface area contributed by atoms with Gasteiger partial charge in [-0.25, -0.2) is 0 Å². The topological polar surface area (TPSA) is 66.5 Å². The zero-order valence-corrected chi connectivity index (χ0v) is 11.7. The number of aryl methyl sites for hydroxylation is 1. The maximum atomic E-state index is 8.85. The molecule has 0 unspecified atom stereocenters. The van der Waals surface area contributed by atoms with Gasteiger partial charge in [0.1, 0.15) is 11.9 Å². The second-order valence-corrected chi connectivity index (χ2v) is 5.21. The quantitative estimate of drug-likeness (QED) is 0.942. The first kappa shape index (κ1) is 12.9. The van der Waals surface area contributed by atoms with Crippen molar-refractivity contribution < 1.29 is 0 Å². The summed E-state index contributed by atoms with van der Waals surface area (Å²) in [6, 6.07) is 7.36. The minimum atomic E-state index is 0.459. The molecular formula is C14H14ClN5. The fourth-order valence-electron chi connectivity index (χ4n) is 2.40. The molecule has 2 heterocycles. The van der Waals surface area contributed by atoms with Crippen molar-refractivity contribution >= 4 is 17.3 Å². The highest BCUT2D eigenvalue weighted by Gasteiger charge is 2.15. The molecule has 0 atom stereocenters. The van der Waals surface area contributed by atoms with E-state index in [4.69, 9.17) is 16.9 Å². The number of fused-ring (bicyclic) bond motifs is 1. The molecule has 1 aromatic heterocycles. The third-order valence-electron chi connectivity index (χ3n) is 3.48. The number of benzene rings is 1. The lowest BCUT2D eigenvalue weighted by atomic mass is 10.1. The zero-order chi connectivity index (χ0) is 13.9. The van der Waals surface area contributed by atoms with Crippen LogP contribution in [0.5, 0.6) is 0 Å². The Labute approximate surface area is 122 Å². The molecule has 2 aromatic rings. The van der Waals surface area contributed by atoms with Crippen molar-refractivity contribution in [3.63, 3.8) is 0 Å². The van der Waals surface area contributed by atoms with E-state index in [1.807, 2.05) is 12.1 Å². The van der Waals surface area contributed by atoms with Gasteiger partial charge in [-0.2, -0.15) is 5.26 Å². The molecule has 0 amide bonds. The summed E-state index contributed by atoms with van der Waals surface area (Å²) in [5, 5.41) is 21.0. The van der Waals surface area contributed by atoms with Gasteiger partial charge in [-0.05, 0) is 31.0 Å². The smallest absolute Gasteiger partial charge is 0.152 e. The largest absolute Gasteiger partial charge is 0.378 e. The average molecular weight is 288 g/mol. The van der Waals surface area contributed by atoms with Crippen molar-refractivity contribution in [2.75, 3.05) is 5.32 Å². The van der Waals surface area contributed by atoms with E-state index < -0.39 is 0 Å². The third kappa shape index (κ3) is 2.47. The van der Waals surface area contributed by atoms with Crippen LogP contribution in [-0.4, -0.2) is 14.8 Å². The Morgan fingerprint density at radius 3 is 3.05 bits per heavy atom. The second kappa shape index (κ2) is 5.51. The van der Waals surface area contributed by atoms with Crippen LogP contribution in [0, 0.1) is 11.3 Å². The van der Waals surface area contributed by atoms with Crippen molar-refractivity contribution in [1.82, 2.24) is 14.8 Å². The second-order valence-electron chi connectivity index (χ2n) is 4.80. The number of hydrogen-bond acceptors (Lipinski definition) is 4. The van der Waals surface area contributed by atoms with E-state index in [0.29, 0.717) is 17.1 Å². The Balaban J connectivity index is 1.72. The molecule has 1 N–H and O–H groups in total. The minimum Gasteiger partial charge on any atom is -0.378 e. The van der Waals surface area contributed by atoms with Crippen molar-refractivity contribution in [3.05, 3.63) is 40.4 Å². The molecular weight excluding hydrogens is 274 g/mol. The number of anilines is 1. The van der Waals surface area contributed by atoms with Crippen molar-refractivity contribution in [1.29, 1.82) is 5.26 Å². The van der Waals surface area contributed by atoms with Crippen LogP contribution in [0.4, 0.5) is 5.69 Å². The van der Waals surface area contributed by atoms with E-state index >= 15 is 0 Å². The Morgan fingerprint density at radius 2 is 2.25 bits per heavy atom. The van der Waals surface area contributed by atoms with E-state index in [-0.39, 0.29) is 0 Å². The highest BCUT2D eigenvalue weighted by atomic mass is 35.5. The molecule has 0 saturated carbocycles. The minimum absolute atomic E-state index is 0.459. The Hall–Kier alpha value is -2.06. The van der Waals surface area contributed by atoms with E-state index in [1.165, 1.54) is 12.8 Å². The van der Waals surface area contributed by atoms with Crippen LogP contribution in [0.3, 0.4) is 0 Å². The molecule has 5 nitrogen and oxygen atoms in total. The fraction of sp³-hybridized carbons (Fsp3) is 0.357. The summed E-state index contributed by atoms with van der Waals surface area (Å²) in [4.78, 5) is 0. The molecule has 0 aliphatic carbocycles. The number of nitriles is 1. The van der Waals surface area contributed by atoms with Crippen LogP contribution in [0.1, 0.15) is 30.1 Å². The first-order valence-electron chi connectivity index (χ1n) is 6.62. The molecule has 102 valence electrons.